The Morgan fingerprint density at radius 2 is 1.88 bits per heavy atom. The van der Waals surface area contributed by atoms with Crippen molar-refractivity contribution < 1.29 is 9.15 Å². The Bertz CT molecular complexity index is 803. The lowest BCUT2D eigenvalue weighted by Crippen LogP contribution is -2.18. The van der Waals surface area contributed by atoms with Crippen molar-refractivity contribution in [1.82, 2.24) is 5.32 Å². The number of nitrogens with one attached hydrogen (secondary N) is 1. The molecule has 1 aromatic heterocycles. The van der Waals surface area contributed by atoms with Gasteiger partial charge in [-0.2, -0.15) is 0 Å². The highest BCUT2D eigenvalue weighted by molar-refractivity contribution is 5.96. The molecule has 0 spiro atoms. The second-order valence-electron chi connectivity index (χ2n) is 6.12. The molecule has 0 aliphatic carbocycles. The molecule has 0 saturated heterocycles. The van der Waals surface area contributed by atoms with Crippen LogP contribution in [0.5, 0.6) is 0 Å². The van der Waals surface area contributed by atoms with Crippen LogP contribution in [0.25, 0.3) is 22.1 Å². The van der Waals surface area contributed by atoms with Crippen LogP contribution < -0.4 is 5.32 Å². The van der Waals surface area contributed by atoms with Gasteiger partial charge in [-0.05, 0) is 36.6 Å². The molecule has 3 nitrogen and oxygen atoms in total. The highest BCUT2D eigenvalue weighted by Crippen LogP contribution is 2.35. The van der Waals surface area contributed by atoms with E-state index in [1.165, 1.54) is 27.6 Å². The maximum absolute atomic E-state index is 6.14. The van der Waals surface area contributed by atoms with Gasteiger partial charge in [0.2, 0.25) is 0 Å². The quantitative estimate of drug-likeness (QED) is 0.640. The van der Waals surface area contributed by atoms with Gasteiger partial charge in [-0.1, -0.05) is 42.8 Å². The standard InChI is InChI=1S/C21H25NO2/c1-4-16-6-8-17(9-7-16)21-18-13-15(2)5-10-19(18)24-20(21)14-22-11-12-23-3/h5-10,13,22H,4,11-12,14H2,1-3H3. The van der Waals surface area contributed by atoms with E-state index in [0.717, 1.165) is 24.3 Å². The Kier molecular flexibility index (Phi) is 5.34. The fourth-order valence-corrected chi connectivity index (χ4v) is 2.99. The van der Waals surface area contributed by atoms with Crippen molar-refractivity contribution in [2.45, 2.75) is 26.8 Å². The van der Waals surface area contributed by atoms with Crippen molar-refractivity contribution in [2.24, 2.45) is 0 Å². The summed E-state index contributed by atoms with van der Waals surface area (Å²) in [5, 5.41) is 4.58. The molecule has 126 valence electrons. The van der Waals surface area contributed by atoms with E-state index >= 15 is 0 Å². The molecule has 3 heteroatoms. The second-order valence-corrected chi connectivity index (χ2v) is 6.12. The van der Waals surface area contributed by atoms with E-state index in [0.29, 0.717) is 13.2 Å². The van der Waals surface area contributed by atoms with Crippen LogP contribution in [0.15, 0.2) is 46.9 Å². The summed E-state index contributed by atoms with van der Waals surface area (Å²) < 4.78 is 11.2. The number of methoxy groups -OCH3 is 1. The molecule has 0 fully saturated rings. The molecule has 0 radical (unpaired) electrons. The molecule has 0 atom stereocenters. The van der Waals surface area contributed by atoms with Crippen LogP contribution in [-0.4, -0.2) is 20.3 Å². The number of fused-ring (bicyclic) bond motifs is 1. The topological polar surface area (TPSA) is 34.4 Å². The molecule has 0 amide bonds. The maximum atomic E-state index is 6.14. The van der Waals surface area contributed by atoms with Crippen molar-refractivity contribution in [2.75, 3.05) is 20.3 Å². The summed E-state index contributed by atoms with van der Waals surface area (Å²) in [5.41, 5.74) is 5.94. The smallest absolute Gasteiger partial charge is 0.135 e. The summed E-state index contributed by atoms with van der Waals surface area (Å²) in [6.07, 6.45) is 1.05. The molecule has 0 unspecified atom stereocenters. The second kappa shape index (κ2) is 7.65. The van der Waals surface area contributed by atoms with Crippen LogP contribution in [0.1, 0.15) is 23.8 Å². The predicted octanol–water partition coefficient (Wildman–Crippen LogP) is 4.71. The van der Waals surface area contributed by atoms with Crippen molar-refractivity contribution in [3.05, 3.63) is 59.4 Å². The van der Waals surface area contributed by atoms with Crippen LogP contribution in [0.4, 0.5) is 0 Å². The van der Waals surface area contributed by atoms with E-state index in [1.54, 1.807) is 7.11 Å². The highest BCUT2D eigenvalue weighted by Gasteiger charge is 2.16. The Hall–Kier alpha value is -2.10. The highest BCUT2D eigenvalue weighted by atomic mass is 16.5. The Labute approximate surface area is 143 Å². The monoisotopic (exact) mass is 323 g/mol. The van der Waals surface area contributed by atoms with Crippen LogP contribution in [0.3, 0.4) is 0 Å². The summed E-state index contributed by atoms with van der Waals surface area (Å²) in [4.78, 5) is 0. The van der Waals surface area contributed by atoms with Gasteiger partial charge < -0.3 is 14.5 Å². The zero-order chi connectivity index (χ0) is 16.9. The summed E-state index contributed by atoms with van der Waals surface area (Å²) in [6.45, 7) is 6.49. The first kappa shape index (κ1) is 16.7. The van der Waals surface area contributed by atoms with Gasteiger partial charge in [0.25, 0.3) is 0 Å². The predicted molar refractivity (Wildman–Crippen MR) is 99.3 cm³/mol. The number of aryl methyl sites for hydroxylation is 2. The number of furan rings is 1. The molecular weight excluding hydrogens is 298 g/mol. The van der Waals surface area contributed by atoms with Gasteiger partial charge in [0.1, 0.15) is 11.3 Å². The summed E-state index contributed by atoms with van der Waals surface area (Å²) in [5.74, 6) is 0.982. The number of benzene rings is 2. The minimum atomic E-state index is 0.694. The molecule has 0 saturated carbocycles. The average molecular weight is 323 g/mol. The molecule has 0 aliphatic heterocycles. The molecule has 24 heavy (non-hydrogen) atoms. The summed E-state index contributed by atoms with van der Waals surface area (Å²) in [6, 6.07) is 15.2. The van der Waals surface area contributed by atoms with E-state index in [9.17, 15) is 0 Å². The van der Waals surface area contributed by atoms with Crippen LogP contribution in [0, 0.1) is 6.92 Å². The lowest BCUT2D eigenvalue weighted by atomic mass is 9.99. The SMILES string of the molecule is CCc1ccc(-c2c(CNCCOC)oc3ccc(C)cc23)cc1. The molecule has 3 rings (SSSR count). The van der Waals surface area contributed by atoms with Gasteiger partial charge in [-0.3, -0.25) is 0 Å². The molecule has 0 aliphatic rings. The lowest BCUT2D eigenvalue weighted by Gasteiger charge is -2.06. The Balaban J connectivity index is 2.02. The average Bonchev–Trinajstić information content (AvgIpc) is 2.96. The van der Waals surface area contributed by atoms with E-state index in [4.69, 9.17) is 9.15 Å². The fourth-order valence-electron chi connectivity index (χ4n) is 2.99. The fraction of sp³-hybridized carbons (Fsp3) is 0.333. The third kappa shape index (κ3) is 3.53. The molecule has 0 bridgehead atoms. The van der Waals surface area contributed by atoms with Gasteiger partial charge >= 0.3 is 0 Å². The first-order valence-electron chi connectivity index (χ1n) is 8.54. The van der Waals surface area contributed by atoms with Crippen LogP contribution >= 0.6 is 0 Å². The first-order chi connectivity index (χ1) is 11.7. The normalized spacial score (nSPS) is 11.3. The Morgan fingerprint density at radius 1 is 1.08 bits per heavy atom. The number of hydrogen-bond acceptors (Lipinski definition) is 3. The van der Waals surface area contributed by atoms with Crippen molar-refractivity contribution in [3.63, 3.8) is 0 Å². The van der Waals surface area contributed by atoms with E-state index in [-0.39, 0.29) is 0 Å². The third-order valence-corrected chi connectivity index (χ3v) is 4.34. The minimum absolute atomic E-state index is 0.694. The van der Waals surface area contributed by atoms with Gasteiger partial charge in [0.15, 0.2) is 0 Å². The lowest BCUT2D eigenvalue weighted by molar-refractivity contribution is 0.198. The van der Waals surface area contributed by atoms with Gasteiger partial charge in [0, 0.05) is 24.6 Å². The summed E-state index contributed by atoms with van der Waals surface area (Å²) >= 11 is 0. The van der Waals surface area contributed by atoms with Crippen molar-refractivity contribution >= 4 is 11.0 Å². The molecule has 1 heterocycles. The van der Waals surface area contributed by atoms with Crippen molar-refractivity contribution in [3.8, 4) is 11.1 Å². The maximum Gasteiger partial charge on any atom is 0.135 e. The van der Waals surface area contributed by atoms with E-state index < -0.39 is 0 Å². The third-order valence-electron chi connectivity index (χ3n) is 4.34. The van der Waals surface area contributed by atoms with E-state index in [2.05, 4.69) is 61.6 Å². The largest absolute Gasteiger partial charge is 0.459 e. The molecule has 1 N–H and O–H groups in total. The zero-order valence-electron chi connectivity index (χ0n) is 14.7. The number of ether oxygens (including phenoxy) is 1. The van der Waals surface area contributed by atoms with Gasteiger partial charge in [-0.25, -0.2) is 0 Å². The molecule has 3 aromatic rings. The van der Waals surface area contributed by atoms with Gasteiger partial charge in [0.05, 0.1) is 13.2 Å². The molecule has 2 aromatic carbocycles. The summed E-state index contributed by atoms with van der Waals surface area (Å²) in [7, 11) is 1.71. The van der Waals surface area contributed by atoms with Crippen LogP contribution in [-0.2, 0) is 17.7 Å². The van der Waals surface area contributed by atoms with Gasteiger partial charge in [-0.15, -0.1) is 0 Å². The minimum Gasteiger partial charge on any atom is -0.459 e. The van der Waals surface area contributed by atoms with E-state index in [1.807, 2.05) is 0 Å². The first-order valence-corrected chi connectivity index (χ1v) is 8.54. The zero-order valence-corrected chi connectivity index (χ0v) is 14.7. The molecular formula is C21H25NO2. The van der Waals surface area contributed by atoms with Crippen molar-refractivity contribution in [1.29, 1.82) is 0 Å². The van der Waals surface area contributed by atoms with Crippen LogP contribution in [0.2, 0.25) is 0 Å². The Morgan fingerprint density at radius 3 is 2.58 bits per heavy atom. The number of hydrogen-bond donors (Lipinski definition) is 1. The number of rotatable bonds is 7.